The number of rotatable bonds is 3. The summed E-state index contributed by atoms with van der Waals surface area (Å²) in [5.41, 5.74) is 2.03. The van der Waals surface area contributed by atoms with Gasteiger partial charge in [-0.3, -0.25) is 9.69 Å². The fourth-order valence-electron chi connectivity index (χ4n) is 2.88. The van der Waals surface area contributed by atoms with Crippen molar-refractivity contribution in [2.45, 2.75) is 25.8 Å². The minimum atomic E-state index is -0.666. The van der Waals surface area contributed by atoms with Crippen LogP contribution in [-0.4, -0.2) is 39.0 Å². The number of para-hydroxylation sites is 2. The number of piperidine rings is 1. The Bertz CT molecular complexity index is 581. The number of aliphatic carboxylic acids is 1. The molecule has 0 bridgehead atoms. The van der Waals surface area contributed by atoms with E-state index in [1.165, 1.54) is 0 Å². The van der Waals surface area contributed by atoms with Gasteiger partial charge in [0, 0.05) is 0 Å². The van der Waals surface area contributed by atoms with Crippen LogP contribution in [0.15, 0.2) is 24.3 Å². The molecule has 3 rings (SSSR count). The number of benzene rings is 1. The summed E-state index contributed by atoms with van der Waals surface area (Å²) in [6, 6.07) is 8.19. The third-order valence-corrected chi connectivity index (χ3v) is 4.23. The largest absolute Gasteiger partial charge is 0.481 e. The molecule has 0 radical (unpaired) electrons. The molecule has 1 aliphatic heterocycles. The molecular formula is C15H19N3O2. The van der Waals surface area contributed by atoms with Crippen molar-refractivity contribution in [1.29, 1.82) is 0 Å². The van der Waals surface area contributed by atoms with E-state index in [0.29, 0.717) is 0 Å². The molecule has 2 aromatic rings. The topological polar surface area (TPSA) is 69.2 Å². The van der Waals surface area contributed by atoms with E-state index in [2.05, 4.69) is 21.8 Å². The lowest BCUT2D eigenvalue weighted by Crippen LogP contribution is -2.38. The molecule has 1 fully saturated rings. The third kappa shape index (κ3) is 2.41. The lowest BCUT2D eigenvalue weighted by atomic mass is 9.96. The first-order chi connectivity index (χ1) is 9.65. The summed E-state index contributed by atoms with van der Waals surface area (Å²) < 4.78 is 0. The van der Waals surface area contributed by atoms with Crippen LogP contribution in [0.5, 0.6) is 0 Å². The zero-order chi connectivity index (χ0) is 14.1. The predicted octanol–water partition coefficient (Wildman–Crippen LogP) is 2.42. The second-order valence-electron chi connectivity index (χ2n) is 5.46. The Balaban J connectivity index is 1.73. The number of imidazole rings is 1. The number of H-pyrrole nitrogens is 1. The lowest BCUT2D eigenvalue weighted by molar-refractivity contribution is -0.143. The highest BCUT2D eigenvalue weighted by molar-refractivity contribution is 5.74. The van der Waals surface area contributed by atoms with E-state index < -0.39 is 5.97 Å². The number of hydrogen-bond acceptors (Lipinski definition) is 3. The number of carbonyl (C=O) groups is 1. The average Bonchev–Trinajstić information content (AvgIpc) is 2.90. The lowest BCUT2D eigenvalue weighted by Gasteiger charge is -2.33. The van der Waals surface area contributed by atoms with Crippen LogP contribution in [0.25, 0.3) is 11.0 Å². The molecule has 0 amide bonds. The molecule has 1 aliphatic rings. The summed E-state index contributed by atoms with van der Waals surface area (Å²) in [7, 11) is 0. The van der Waals surface area contributed by atoms with Crippen molar-refractivity contribution in [3.05, 3.63) is 30.1 Å². The number of fused-ring (bicyclic) bond motifs is 1. The van der Waals surface area contributed by atoms with E-state index in [9.17, 15) is 4.79 Å². The molecule has 1 aromatic heterocycles. The number of aromatic amines is 1. The van der Waals surface area contributed by atoms with Gasteiger partial charge in [-0.15, -0.1) is 0 Å². The second-order valence-corrected chi connectivity index (χ2v) is 5.46. The van der Waals surface area contributed by atoms with Crippen LogP contribution in [0.4, 0.5) is 0 Å². The zero-order valence-electron chi connectivity index (χ0n) is 11.5. The monoisotopic (exact) mass is 273 g/mol. The average molecular weight is 273 g/mol. The van der Waals surface area contributed by atoms with E-state index in [4.69, 9.17) is 5.11 Å². The molecule has 1 saturated heterocycles. The first-order valence-electron chi connectivity index (χ1n) is 7.06. The van der Waals surface area contributed by atoms with Gasteiger partial charge in [-0.05, 0) is 45.0 Å². The fourth-order valence-corrected chi connectivity index (χ4v) is 2.88. The first kappa shape index (κ1) is 13.1. The van der Waals surface area contributed by atoms with Gasteiger partial charge in [0.2, 0.25) is 0 Å². The van der Waals surface area contributed by atoms with Crippen molar-refractivity contribution < 1.29 is 9.90 Å². The molecule has 20 heavy (non-hydrogen) atoms. The summed E-state index contributed by atoms with van der Waals surface area (Å²) in [5.74, 6) is 0.107. The molecule has 0 saturated carbocycles. The maximum atomic E-state index is 11.0. The van der Waals surface area contributed by atoms with Crippen molar-refractivity contribution in [3.63, 3.8) is 0 Å². The Hall–Kier alpha value is -1.88. The number of carboxylic acid groups (broad SMARTS) is 1. The van der Waals surface area contributed by atoms with Crippen molar-refractivity contribution in [1.82, 2.24) is 14.9 Å². The molecule has 1 atom stereocenters. The molecule has 2 N–H and O–H groups in total. The third-order valence-electron chi connectivity index (χ3n) is 4.23. The van der Waals surface area contributed by atoms with Gasteiger partial charge < -0.3 is 10.1 Å². The van der Waals surface area contributed by atoms with Crippen molar-refractivity contribution in [3.8, 4) is 0 Å². The number of likely N-dealkylation sites (tertiary alicyclic amines) is 1. The number of aromatic nitrogens is 2. The summed E-state index contributed by atoms with van der Waals surface area (Å²) >= 11 is 0. The Morgan fingerprint density at radius 2 is 2.10 bits per heavy atom. The highest BCUT2D eigenvalue weighted by Crippen LogP contribution is 2.26. The molecular weight excluding hydrogens is 254 g/mol. The summed E-state index contributed by atoms with van der Waals surface area (Å²) in [5, 5.41) is 9.04. The second kappa shape index (κ2) is 5.25. The van der Waals surface area contributed by atoms with Crippen LogP contribution in [-0.2, 0) is 4.79 Å². The Morgan fingerprint density at radius 1 is 1.40 bits per heavy atom. The minimum Gasteiger partial charge on any atom is -0.481 e. The standard InChI is InChI=1S/C15H19N3O2/c1-10(18-8-6-11(7-9-18)15(19)20)14-16-12-4-2-3-5-13(12)17-14/h2-5,10-11H,6-9H2,1H3,(H,16,17)(H,19,20). The van der Waals surface area contributed by atoms with Gasteiger partial charge in [-0.2, -0.15) is 0 Å². The molecule has 0 aliphatic carbocycles. The van der Waals surface area contributed by atoms with Crippen molar-refractivity contribution in [2.24, 2.45) is 5.92 Å². The zero-order valence-corrected chi connectivity index (χ0v) is 11.5. The highest BCUT2D eigenvalue weighted by Gasteiger charge is 2.28. The summed E-state index contributed by atoms with van der Waals surface area (Å²) in [6.45, 7) is 3.75. The minimum absolute atomic E-state index is 0.186. The molecule has 0 spiro atoms. The fraction of sp³-hybridized carbons (Fsp3) is 0.467. The number of carboxylic acids is 1. The number of nitrogens with one attached hydrogen (secondary N) is 1. The van der Waals surface area contributed by atoms with Crippen LogP contribution in [0.2, 0.25) is 0 Å². The van der Waals surface area contributed by atoms with Crippen LogP contribution in [0.1, 0.15) is 31.6 Å². The van der Waals surface area contributed by atoms with Gasteiger partial charge in [0.15, 0.2) is 0 Å². The first-order valence-corrected chi connectivity index (χ1v) is 7.06. The number of hydrogen-bond donors (Lipinski definition) is 2. The predicted molar refractivity (Wildman–Crippen MR) is 76.4 cm³/mol. The van der Waals surface area contributed by atoms with Crippen LogP contribution < -0.4 is 0 Å². The van der Waals surface area contributed by atoms with Crippen LogP contribution in [0, 0.1) is 5.92 Å². The van der Waals surface area contributed by atoms with E-state index >= 15 is 0 Å². The van der Waals surface area contributed by atoms with Gasteiger partial charge in [0.05, 0.1) is 23.0 Å². The Labute approximate surface area is 117 Å². The Kier molecular flexibility index (Phi) is 3.44. The molecule has 1 unspecified atom stereocenters. The van der Waals surface area contributed by atoms with Gasteiger partial charge >= 0.3 is 5.97 Å². The number of nitrogens with zero attached hydrogens (tertiary/aromatic N) is 2. The maximum absolute atomic E-state index is 11.0. The maximum Gasteiger partial charge on any atom is 0.306 e. The SMILES string of the molecule is CC(c1nc2ccccc2[nH]1)N1CCC(C(=O)O)CC1. The van der Waals surface area contributed by atoms with Crippen LogP contribution in [0.3, 0.4) is 0 Å². The molecule has 5 heteroatoms. The van der Waals surface area contributed by atoms with E-state index in [-0.39, 0.29) is 12.0 Å². The molecule has 5 nitrogen and oxygen atoms in total. The van der Waals surface area contributed by atoms with Gasteiger partial charge in [-0.25, -0.2) is 4.98 Å². The summed E-state index contributed by atoms with van der Waals surface area (Å²) in [4.78, 5) is 21.3. The van der Waals surface area contributed by atoms with Crippen molar-refractivity contribution in [2.75, 3.05) is 13.1 Å². The molecule has 2 heterocycles. The van der Waals surface area contributed by atoms with Crippen molar-refractivity contribution >= 4 is 17.0 Å². The van der Waals surface area contributed by atoms with E-state index in [1.54, 1.807) is 0 Å². The quantitative estimate of drug-likeness (QED) is 0.901. The highest BCUT2D eigenvalue weighted by atomic mass is 16.4. The normalized spacial score (nSPS) is 19.2. The smallest absolute Gasteiger partial charge is 0.306 e. The van der Waals surface area contributed by atoms with Gasteiger partial charge in [-0.1, -0.05) is 12.1 Å². The van der Waals surface area contributed by atoms with E-state index in [1.807, 2.05) is 24.3 Å². The van der Waals surface area contributed by atoms with E-state index in [0.717, 1.165) is 42.8 Å². The van der Waals surface area contributed by atoms with Crippen LogP contribution >= 0.6 is 0 Å². The van der Waals surface area contributed by atoms with Gasteiger partial charge in [0.25, 0.3) is 0 Å². The summed E-state index contributed by atoms with van der Waals surface area (Å²) in [6.07, 6.45) is 1.44. The molecule has 1 aromatic carbocycles. The Morgan fingerprint density at radius 3 is 2.75 bits per heavy atom. The molecule has 106 valence electrons. The van der Waals surface area contributed by atoms with Gasteiger partial charge in [0.1, 0.15) is 5.82 Å².